The number of rotatable bonds is 7. The number of methoxy groups -OCH3 is 1. The van der Waals surface area contributed by atoms with Crippen molar-refractivity contribution in [3.63, 3.8) is 0 Å². The molecule has 0 aliphatic heterocycles. The number of aromatic nitrogens is 2. The van der Waals surface area contributed by atoms with E-state index in [-0.39, 0.29) is 18.3 Å². The van der Waals surface area contributed by atoms with E-state index in [9.17, 15) is 9.18 Å². The van der Waals surface area contributed by atoms with Crippen LogP contribution in [0, 0.1) is 5.82 Å². The Labute approximate surface area is 155 Å². The Morgan fingerprint density at radius 1 is 1.15 bits per heavy atom. The molecule has 0 spiro atoms. The van der Waals surface area contributed by atoms with E-state index in [0.29, 0.717) is 29.6 Å². The Morgan fingerprint density at radius 2 is 1.85 bits per heavy atom. The summed E-state index contributed by atoms with van der Waals surface area (Å²) < 4.78 is 23.6. The third-order valence-corrected chi connectivity index (χ3v) is 3.75. The number of carbonyl (C=O) groups is 1. The molecule has 1 aromatic heterocycles. The van der Waals surface area contributed by atoms with E-state index >= 15 is 0 Å². The number of hydrogen-bond acceptors (Lipinski definition) is 6. The van der Waals surface area contributed by atoms with Crippen molar-refractivity contribution in [2.24, 2.45) is 0 Å². The maximum atomic E-state index is 13.0. The third-order valence-electron chi connectivity index (χ3n) is 3.75. The van der Waals surface area contributed by atoms with Gasteiger partial charge in [-0.1, -0.05) is 0 Å². The number of hydrogen-bond donors (Lipinski definition) is 1. The first-order valence-electron chi connectivity index (χ1n) is 8.24. The monoisotopic (exact) mass is 370 g/mol. The van der Waals surface area contributed by atoms with E-state index in [2.05, 4.69) is 15.5 Å². The van der Waals surface area contributed by atoms with Crippen molar-refractivity contribution in [1.82, 2.24) is 15.1 Å². The Hall–Kier alpha value is -3.26. The zero-order valence-electron chi connectivity index (χ0n) is 15.0. The largest absolute Gasteiger partial charge is 0.497 e. The molecule has 0 unspecified atom stereocenters. The second-order valence-electron chi connectivity index (χ2n) is 5.96. The lowest BCUT2D eigenvalue weighted by molar-refractivity contribution is -0.117. The van der Waals surface area contributed by atoms with Crippen LogP contribution in [-0.4, -0.2) is 41.7 Å². The minimum Gasteiger partial charge on any atom is -0.497 e. The van der Waals surface area contributed by atoms with Crippen molar-refractivity contribution in [3.05, 3.63) is 60.2 Å². The first-order chi connectivity index (χ1) is 13.0. The van der Waals surface area contributed by atoms with Crippen LogP contribution in [0.2, 0.25) is 0 Å². The van der Waals surface area contributed by atoms with Gasteiger partial charge in [-0.3, -0.25) is 9.69 Å². The van der Waals surface area contributed by atoms with Gasteiger partial charge < -0.3 is 14.5 Å². The summed E-state index contributed by atoms with van der Waals surface area (Å²) in [6, 6.07) is 12.9. The Morgan fingerprint density at radius 3 is 2.52 bits per heavy atom. The molecule has 0 aliphatic rings. The number of benzene rings is 2. The number of carbonyl (C=O) groups excluding carboxylic acids is 1. The molecule has 0 radical (unpaired) electrons. The molecule has 1 N–H and O–H groups in total. The summed E-state index contributed by atoms with van der Waals surface area (Å²) >= 11 is 0. The molecule has 0 aliphatic carbocycles. The fourth-order valence-corrected chi connectivity index (χ4v) is 2.43. The van der Waals surface area contributed by atoms with Crippen LogP contribution in [0.5, 0.6) is 5.75 Å². The van der Waals surface area contributed by atoms with Gasteiger partial charge in [-0.2, -0.15) is 0 Å². The van der Waals surface area contributed by atoms with Crippen LogP contribution in [0.25, 0.3) is 11.5 Å². The zero-order chi connectivity index (χ0) is 19.2. The van der Waals surface area contributed by atoms with Gasteiger partial charge in [-0.15, -0.1) is 10.2 Å². The van der Waals surface area contributed by atoms with Crippen LogP contribution in [0.1, 0.15) is 5.89 Å². The molecule has 0 bridgehead atoms. The standard InChI is InChI=1S/C19H19FN4O3/c1-24(11-17(25)21-15-7-9-16(26-2)10-8-15)12-18-22-23-19(27-18)13-3-5-14(20)6-4-13/h3-10H,11-12H2,1-2H3,(H,21,25). The topological polar surface area (TPSA) is 80.5 Å². The van der Waals surface area contributed by atoms with Gasteiger partial charge in [0, 0.05) is 11.3 Å². The number of amides is 1. The highest BCUT2D eigenvalue weighted by atomic mass is 19.1. The van der Waals surface area contributed by atoms with Gasteiger partial charge in [0.15, 0.2) is 0 Å². The van der Waals surface area contributed by atoms with Gasteiger partial charge in [0.1, 0.15) is 11.6 Å². The summed E-state index contributed by atoms with van der Waals surface area (Å²) in [6.45, 7) is 0.463. The van der Waals surface area contributed by atoms with Gasteiger partial charge in [0.05, 0.1) is 20.2 Å². The molecule has 8 heteroatoms. The molecule has 0 fully saturated rings. The molecule has 0 saturated carbocycles. The van der Waals surface area contributed by atoms with Crippen molar-refractivity contribution in [2.45, 2.75) is 6.54 Å². The lowest BCUT2D eigenvalue weighted by Crippen LogP contribution is -2.29. The second-order valence-corrected chi connectivity index (χ2v) is 5.96. The first kappa shape index (κ1) is 18.5. The summed E-state index contributed by atoms with van der Waals surface area (Å²) in [4.78, 5) is 13.9. The maximum Gasteiger partial charge on any atom is 0.247 e. The van der Waals surface area contributed by atoms with Crippen molar-refractivity contribution in [3.8, 4) is 17.2 Å². The Balaban J connectivity index is 1.53. The maximum absolute atomic E-state index is 13.0. The van der Waals surface area contributed by atoms with E-state index in [1.165, 1.54) is 12.1 Å². The number of halogens is 1. The van der Waals surface area contributed by atoms with E-state index in [4.69, 9.17) is 9.15 Å². The molecule has 1 amide bonds. The molecule has 1 heterocycles. The van der Waals surface area contributed by atoms with Gasteiger partial charge in [0.2, 0.25) is 17.7 Å². The molecule has 3 rings (SSSR count). The predicted octanol–water partition coefficient (Wildman–Crippen LogP) is 2.95. The molecule has 27 heavy (non-hydrogen) atoms. The van der Waals surface area contributed by atoms with Crippen LogP contribution >= 0.6 is 0 Å². The number of ether oxygens (including phenoxy) is 1. The van der Waals surface area contributed by atoms with E-state index in [1.807, 2.05) is 0 Å². The lowest BCUT2D eigenvalue weighted by Gasteiger charge is -2.14. The van der Waals surface area contributed by atoms with Crippen molar-refractivity contribution in [2.75, 3.05) is 26.0 Å². The average Bonchev–Trinajstić information content (AvgIpc) is 3.11. The molecule has 3 aromatic rings. The number of nitrogens with one attached hydrogen (secondary N) is 1. The predicted molar refractivity (Wildman–Crippen MR) is 97.6 cm³/mol. The van der Waals surface area contributed by atoms with Crippen LogP contribution < -0.4 is 10.1 Å². The minimum atomic E-state index is -0.332. The van der Waals surface area contributed by atoms with Crippen LogP contribution in [0.3, 0.4) is 0 Å². The van der Waals surface area contributed by atoms with Crippen molar-refractivity contribution >= 4 is 11.6 Å². The Kier molecular flexibility index (Phi) is 5.77. The summed E-state index contributed by atoms with van der Waals surface area (Å²) in [5.41, 5.74) is 1.32. The van der Waals surface area contributed by atoms with Gasteiger partial charge in [-0.25, -0.2) is 4.39 Å². The zero-order valence-corrected chi connectivity index (χ0v) is 15.0. The summed E-state index contributed by atoms with van der Waals surface area (Å²) in [5, 5.41) is 10.7. The van der Waals surface area contributed by atoms with Crippen molar-refractivity contribution in [1.29, 1.82) is 0 Å². The van der Waals surface area contributed by atoms with Gasteiger partial charge >= 0.3 is 0 Å². The third kappa shape index (κ3) is 5.11. The highest BCUT2D eigenvalue weighted by molar-refractivity contribution is 5.92. The van der Waals surface area contributed by atoms with Crippen LogP contribution in [0.4, 0.5) is 10.1 Å². The van der Waals surface area contributed by atoms with Crippen LogP contribution in [-0.2, 0) is 11.3 Å². The van der Waals surface area contributed by atoms with E-state index in [1.54, 1.807) is 55.5 Å². The fourth-order valence-electron chi connectivity index (χ4n) is 2.43. The van der Waals surface area contributed by atoms with Gasteiger partial charge in [-0.05, 0) is 55.6 Å². The normalized spacial score (nSPS) is 10.8. The second kappa shape index (κ2) is 8.41. The number of anilines is 1. The Bertz CT molecular complexity index is 894. The molecule has 2 aromatic carbocycles. The molecule has 140 valence electrons. The SMILES string of the molecule is COc1ccc(NC(=O)CN(C)Cc2nnc(-c3ccc(F)cc3)o2)cc1. The van der Waals surface area contributed by atoms with Gasteiger partial charge in [0.25, 0.3) is 0 Å². The number of likely N-dealkylation sites (N-methyl/N-ethyl adjacent to an activating group) is 1. The van der Waals surface area contributed by atoms with Crippen molar-refractivity contribution < 1.29 is 18.3 Å². The fraction of sp³-hybridized carbons (Fsp3) is 0.211. The quantitative estimate of drug-likeness (QED) is 0.689. The van der Waals surface area contributed by atoms with E-state index < -0.39 is 0 Å². The molecule has 7 nitrogen and oxygen atoms in total. The van der Waals surface area contributed by atoms with E-state index in [0.717, 1.165) is 5.75 Å². The van der Waals surface area contributed by atoms with Crippen LogP contribution in [0.15, 0.2) is 52.9 Å². The molecular formula is C19H19FN4O3. The number of nitrogens with zero attached hydrogens (tertiary/aromatic N) is 3. The lowest BCUT2D eigenvalue weighted by atomic mass is 10.2. The minimum absolute atomic E-state index is 0.153. The first-order valence-corrected chi connectivity index (χ1v) is 8.24. The molecule has 0 saturated heterocycles. The summed E-state index contributed by atoms with van der Waals surface area (Å²) in [6.07, 6.45) is 0. The molecule has 0 atom stereocenters. The summed E-state index contributed by atoms with van der Waals surface area (Å²) in [5.74, 6) is 0.899. The smallest absolute Gasteiger partial charge is 0.247 e. The molecular weight excluding hydrogens is 351 g/mol. The summed E-state index contributed by atoms with van der Waals surface area (Å²) in [7, 11) is 3.36. The average molecular weight is 370 g/mol. The highest BCUT2D eigenvalue weighted by Gasteiger charge is 2.13. The highest BCUT2D eigenvalue weighted by Crippen LogP contribution is 2.18.